The van der Waals surface area contributed by atoms with Crippen LogP contribution in [0.15, 0.2) is 52.1 Å². The van der Waals surface area contributed by atoms with Gasteiger partial charge in [-0.2, -0.15) is 0 Å². The van der Waals surface area contributed by atoms with Crippen LogP contribution in [-0.2, 0) is 0 Å². The maximum Gasteiger partial charge on any atom is 0.268 e. The smallest absolute Gasteiger partial charge is 0.268 e. The monoisotopic (exact) mass is 242 g/mol. The quantitative estimate of drug-likeness (QED) is 0.597. The van der Waals surface area contributed by atoms with Gasteiger partial charge in [-0.1, -0.05) is 35.9 Å². The van der Waals surface area contributed by atoms with Crippen LogP contribution >= 0.6 is 0 Å². The molecule has 0 unspecified atom stereocenters. The van der Waals surface area contributed by atoms with E-state index in [1.807, 2.05) is 25.1 Å². The number of hydrogen-bond acceptors (Lipinski definition) is 3. The van der Waals surface area contributed by atoms with Crippen LogP contribution in [0.1, 0.15) is 13.3 Å². The Labute approximate surface area is 105 Å². The molecule has 0 saturated carbocycles. The molecule has 2 rings (SSSR count). The van der Waals surface area contributed by atoms with Crippen molar-refractivity contribution in [1.29, 1.82) is 0 Å². The van der Waals surface area contributed by atoms with Gasteiger partial charge in [0.1, 0.15) is 0 Å². The first kappa shape index (κ1) is 12.3. The molecule has 2 aromatic rings. The van der Waals surface area contributed by atoms with Crippen LogP contribution in [-0.4, -0.2) is 6.61 Å². The SMILES string of the molecule is C=C(C)CCOc1c(-c2ccccc2)c(=O)c1=O. The Morgan fingerprint density at radius 3 is 2.44 bits per heavy atom. The first-order valence-corrected chi connectivity index (χ1v) is 5.77. The number of hydrogen-bond donors (Lipinski definition) is 0. The summed E-state index contributed by atoms with van der Waals surface area (Å²) in [7, 11) is 0. The van der Waals surface area contributed by atoms with Crippen LogP contribution < -0.4 is 15.6 Å². The van der Waals surface area contributed by atoms with Crippen LogP contribution in [0.4, 0.5) is 0 Å². The molecule has 0 fully saturated rings. The average molecular weight is 242 g/mol. The van der Waals surface area contributed by atoms with Gasteiger partial charge in [-0.05, 0) is 12.5 Å². The van der Waals surface area contributed by atoms with Crippen LogP contribution in [0.5, 0.6) is 5.75 Å². The molecule has 3 heteroatoms. The van der Waals surface area contributed by atoms with Crippen LogP contribution in [0.2, 0.25) is 0 Å². The van der Waals surface area contributed by atoms with Crippen molar-refractivity contribution in [3.8, 4) is 16.9 Å². The van der Waals surface area contributed by atoms with Gasteiger partial charge >= 0.3 is 0 Å². The molecular weight excluding hydrogens is 228 g/mol. The summed E-state index contributed by atoms with van der Waals surface area (Å²) >= 11 is 0. The fourth-order valence-electron chi connectivity index (χ4n) is 1.70. The zero-order chi connectivity index (χ0) is 13.1. The van der Waals surface area contributed by atoms with Gasteiger partial charge in [0, 0.05) is 6.42 Å². The predicted molar refractivity (Wildman–Crippen MR) is 71.7 cm³/mol. The first-order chi connectivity index (χ1) is 8.61. The normalized spacial score (nSPS) is 10.5. The molecule has 0 radical (unpaired) electrons. The molecule has 18 heavy (non-hydrogen) atoms. The molecule has 0 saturated heterocycles. The van der Waals surface area contributed by atoms with Crippen molar-refractivity contribution in [2.45, 2.75) is 13.3 Å². The Morgan fingerprint density at radius 2 is 1.83 bits per heavy atom. The Bertz CT molecular complexity index is 631. The van der Waals surface area contributed by atoms with E-state index in [1.54, 1.807) is 12.1 Å². The third-order valence-corrected chi connectivity index (χ3v) is 2.70. The van der Waals surface area contributed by atoms with Gasteiger partial charge in [0.05, 0.1) is 12.2 Å². The van der Waals surface area contributed by atoms with Gasteiger partial charge < -0.3 is 4.74 Å². The Kier molecular flexibility index (Phi) is 3.42. The van der Waals surface area contributed by atoms with E-state index in [0.717, 1.165) is 11.1 Å². The highest BCUT2D eigenvalue weighted by Crippen LogP contribution is 2.25. The van der Waals surface area contributed by atoms with E-state index in [0.29, 0.717) is 18.6 Å². The Balaban J connectivity index is 2.23. The van der Waals surface area contributed by atoms with Crippen molar-refractivity contribution in [1.82, 2.24) is 0 Å². The second kappa shape index (κ2) is 5.00. The van der Waals surface area contributed by atoms with Gasteiger partial charge in [0.25, 0.3) is 5.43 Å². The number of benzene rings is 1. The summed E-state index contributed by atoms with van der Waals surface area (Å²) in [5, 5.41) is 0. The van der Waals surface area contributed by atoms with E-state index in [4.69, 9.17) is 4.74 Å². The lowest BCUT2D eigenvalue weighted by Crippen LogP contribution is -2.34. The standard InChI is InChI=1S/C15H14O3/c1-10(2)8-9-18-15-12(13(16)14(15)17)11-6-4-3-5-7-11/h3-7H,1,8-9H2,2H3. The molecule has 0 spiro atoms. The molecule has 0 atom stereocenters. The fraction of sp³-hybridized carbons (Fsp3) is 0.200. The van der Waals surface area contributed by atoms with E-state index in [2.05, 4.69) is 6.58 Å². The summed E-state index contributed by atoms with van der Waals surface area (Å²) in [4.78, 5) is 23.0. The van der Waals surface area contributed by atoms with Crippen molar-refractivity contribution in [3.63, 3.8) is 0 Å². The van der Waals surface area contributed by atoms with Gasteiger partial charge in [-0.3, -0.25) is 9.59 Å². The van der Waals surface area contributed by atoms with Crippen LogP contribution in [0.25, 0.3) is 11.1 Å². The highest BCUT2D eigenvalue weighted by Gasteiger charge is 2.23. The second-order valence-corrected chi connectivity index (χ2v) is 4.28. The lowest BCUT2D eigenvalue weighted by atomic mass is 10.0. The van der Waals surface area contributed by atoms with Gasteiger partial charge in [0.2, 0.25) is 5.43 Å². The molecule has 0 aliphatic carbocycles. The Morgan fingerprint density at radius 1 is 1.17 bits per heavy atom. The molecule has 2 aromatic carbocycles. The maximum atomic E-state index is 11.6. The summed E-state index contributed by atoms with van der Waals surface area (Å²) in [5.74, 6) is 0.187. The zero-order valence-corrected chi connectivity index (χ0v) is 10.2. The third kappa shape index (κ3) is 2.25. The van der Waals surface area contributed by atoms with Crippen LogP contribution in [0, 0.1) is 0 Å². The summed E-state index contributed by atoms with van der Waals surface area (Å²) in [6.45, 7) is 6.03. The van der Waals surface area contributed by atoms with Gasteiger partial charge in [-0.25, -0.2) is 0 Å². The number of rotatable bonds is 5. The summed E-state index contributed by atoms with van der Waals surface area (Å²) in [5.41, 5.74) is 1.10. The molecule has 0 heterocycles. The minimum absolute atomic E-state index is 0.187. The molecule has 0 bridgehead atoms. The van der Waals surface area contributed by atoms with E-state index in [9.17, 15) is 9.59 Å². The summed E-state index contributed by atoms with van der Waals surface area (Å²) in [6.07, 6.45) is 0.674. The highest BCUT2D eigenvalue weighted by atomic mass is 16.5. The molecular formula is C15H14O3. The van der Waals surface area contributed by atoms with Crippen molar-refractivity contribution < 1.29 is 4.74 Å². The molecule has 0 N–H and O–H groups in total. The van der Waals surface area contributed by atoms with E-state index in [1.165, 1.54) is 0 Å². The van der Waals surface area contributed by atoms with Crippen molar-refractivity contribution in [2.75, 3.05) is 6.61 Å². The molecule has 0 aromatic heterocycles. The van der Waals surface area contributed by atoms with E-state index >= 15 is 0 Å². The van der Waals surface area contributed by atoms with Gasteiger partial charge in [-0.15, -0.1) is 6.58 Å². The average Bonchev–Trinajstić information content (AvgIpc) is 2.37. The second-order valence-electron chi connectivity index (χ2n) is 4.28. The largest absolute Gasteiger partial charge is 0.488 e. The molecule has 0 aliphatic rings. The van der Waals surface area contributed by atoms with Crippen molar-refractivity contribution in [3.05, 3.63) is 62.9 Å². The Hall–Kier alpha value is -2.16. The maximum absolute atomic E-state index is 11.6. The van der Waals surface area contributed by atoms with Gasteiger partial charge in [0.15, 0.2) is 5.75 Å². The first-order valence-electron chi connectivity index (χ1n) is 5.77. The van der Waals surface area contributed by atoms with Crippen LogP contribution in [0.3, 0.4) is 0 Å². The number of ether oxygens (including phenoxy) is 1. The minimum Gasteiger partial charge on any atom is -0.488 e. The molecule has 3 nitrogen and oxygen atoms in total. The molecule has 0 aliphatic heterocycles. The lowest BCUT2D eigenvalue weighted by molar-refractivity contribution is 0.316. The minimum atomic E-state index is -0.532. The topological polar surface area (TPSA) is 43.4 Å². The summed E-state index contributed by atoms with van der Waals surface area (Å²) in [6, 6.07) is 9.09. The molecule has 92 valence electrons. The fourth-order valence-corrected chi connectivity index (χ4v) is 1.70. The van der Waals surface area contributed by atoms with Crippen molar-refractivity contribution >= 4 is 0 Å². The van der Waals surface area contributed by atoms with E-state index in [-0.39, 0.29) is 5.75 Å². The zero-order valence-electron chi connectivity index (χ0n) is 10.2. The van der Waals surface area contributed by atoms with E-state index < -0.39 is 10.9 Å². The van der Waals surface area contributed by atoms with Crippen molar-refractivity contribution in [2.24, 2.45) is 0 Å². The molecule has 0 amide bonds. The predicted octanol–water partition coefficient (Wildman–Crippen LogP) is 2.29. The highest BCUT2D eigenvalue weighted by molar-refractivity contribution is 5.73. The lowest BCUT2D eigenvalue weighted by Gasteiger charge is -2.12. The summed E-state index contributed by atoms with van der Waals surface area (Å²) < 4.78 is 5.39. The third-order valence-electron chi connectivity index (χ3n) is 2.70.